The van der Waals surface area contributed by atoms with Gasteiger partial charge in [0.05, 0.1) is 13.2 Å². The van der Waals surface area contributed by atoms with Crippen LogP contribution in [0.15, 0.2) is 0 Å². The Morgan fingerprint density at radius 3 is 2.65 bits per heavy atom. The number of ether oxygens (including phenoxy) is 2. The fourth-order valence-electron chi connectivity index (χ4n) is 3.97. The number of likely N-dealkylation sites (N-methyl/N-ethyl adjacent to an activating group) is 1. The van der Waals surface area contributed by atoms with Crippen LogP contribution in [0.4, 0.5) is 0 Å². The summed E-state index contributed by atoms with van der Waals surface area (Å²) in [5, 5.41) is 3.41. The number of nitrogens with one attached hydrogen (secondary N) is 1. The predicted molar refractivity (Wildman–Crippen MR) is 78.6 cm³/mol. The number of carbonyl (C=O) groups excluding carboxylic acids is 1. The van der Waals surface area contributed by atoms with Crippen LogP contribution >= 0.6 is 0 Å². The third-order valence-corrected chi connectivity index (χ3v) is 4.98. The van der Waals surface area contributed by atoms with Gasteiger partial charge >= 0.3 is 5.97 Å². The van der Waals surface area contributed by atoms with E-state index < -0.39 is 5.54 Å². The topological polar surface area (TPSA) is 47.6 Å². The standard InChI is InChI=1S/C16H29NO3/c1-3-17-16(15(18)19-2)11-6-7-13(16)10-12-20-14-8-4-5-9-14/h13-14,17H,3-12H2,1-2H3. The minimum atomic E-state index is -0.470. The van der Waals surface area contributed by atoms with Gasteiger partial charge in [-0.2, -0.15) is 0 Å². The predicted octanol–water partition coefficient (Wildman–Crippen LogP) is 2.66. The van der Waals surface area contributed by atoms with Gasteiger partial charge in [-0.3, -0.25) is 4.79 Å². The molecule has 1 N–H and O–H groups in total. The van der Waals surface area contributed by atoms with Crippen LogP contribution in [0.3, 0.4) is 0 Å². The molecule has 2 atom stereocenters. The summed E-state index contributed by atoms with van der Waals surface area (Å²) in [6.45, 7) is 3.63. The average Bonchev–Trinajstić information content (AvgIpc) is 3.09. The molecular weight excluding hydrogens is 254 g/mol. The van der Waals surface area contributed by atoms with Crippen molar-refractivity contribution in [3.8, 4) is 0 Å². The van der Waals surface area contributed by atoms with Gasteiger partial charge in [0.1, 0.15) is 5.54 Å². The van der Waals surface area contributed by atoms with Crippen molar-refractivity contribution in [1.29, 1.82) is 0 Å². The number of carbonyl (C=O) groups is 1. The molecule has 4 heteroatoms. The van der Waals surface area contributed by atoms with E-state index in [9.17, 15) is 4.79 Å². The zero-order valence-corrected chi connectivity index (χ0v) is 13.0. The highest BCUT2D eigenvalue weighted by molar-refractivity contribution is 5.81. The Labute approximate surface area is 122 Å². The number of esters is 1. The first-order valence-corrected chi connectivity index (χ1v) is 8.18. The van der Waals surface area contributed by atoms with Crippen molar-refractivity contribution in [2.24, 2.45) is 5.92 Å². The SMILES string of the molecule is CCNC1(C(=O)OC)CCCC1CCOC1CCCC1. The molecule has 116 valence electrons. The third-order valence-electron chi connectivity index (χ3n) is 4.98. The van der Waals surface area contributed by atoms with Crippen molar-refractivity contribution in [2.75, 3.05) is 20.3 Å². The molecule has 2 aliphatic carbocycles. The average molecular weight is 283 g/mol. The third kappa shape index (κ3) is 3.34. The van der Waals surface area contributed by atoms with Crippen molar-refractivity contribution >= 4 is 5.97 Å². The Hall–Kier alpha value is -0.610. The molecule has 2 unspecified atom stereocenters. The molecule has 2 aliphatic rings. The van der Waals surface area contributed by atoms with E-state index in [0.29, 0.717) is 12.0 Å². The molecule has 0 aliphatic heterocycles. The highest BCUT2D eigenvalue weighted by atomic mass is 16.5. The summed E-state index contributed by atoms with van der Waals surface area (Å²) in [6.07, 6.45) is 9.52. The Morgan fingerprint density at radius 1 is 1.25 bits per heavy atom. The minimum Gasteiger partial charge on any atom is -0.468 e. The molecule has 0 aromatic heterocycles. The maximum atomic E-state index is 12.2. The molecule has 0 bridgehead atoms. The molecule has 20 heavy (non-hydrogen) atoms. The lowest BCUT2D eigenvalue weighted by molar-refractivity contribution is -0.150. The number of hydrogen-bond donors (Lipinski definition) is 1. The molecule has 0 amide bonds. The van der Waals surface area contributed by atoms with E-state index in [1.54, 1.807) is 0 Å². The summed E-state index contributed by atoms with van der Waals surface area (Å²) in [6, 6.07) is 0. The lowest BCUT2D eigenvalue weighted by atomic mass is 9.84. The first-order valence-electron chi connectivity index (χ1n) is 8.18. The van der Waals surface area contributed by atoms with Crippen LogP contribution in [0.2, 0.25) is 0 Å². The first kappa shape index (κ1) is 15.8. The molecular formula is C16H29NO3. The van der Waals surface area contributed by atoms with Crippen molar-refractivity contribution in [1.82, 2.24) is 5.32 Å². The van der Waals surface area contributed by atoms with Crippen LogP contribution in [-0.4, -0.2) is 37.9 Å². The molecule has 4 nitrogen and oxygen atoms in total. The molecule has 2 saturated carbocycles. The van der Waals surface area contributed by atoms with Gasteiger partial charge < -0.3 is 14.8 Å². The Kier molecular flexibility index (Phi) is 5.85. The maximum absolute atomic E-state index is 12.2. The number of hydrogen-bond acceptors (Lipinski definition) is 4. The van der Waals surface area contributed by atoms with E-state index in [1.165, 1.54) is 32.8 Å². The molecule has 0 heterocycles. The van der Waals surface area contributed by atoms with Gasteiger partial charge in [0, 0.05) is 6.61 Å². The van der Waals surface area contributed by atoms with Crippen LogP contribution in [0.25, 0.3) is 0 Å². The molecule has 0 saturated heterocycles. The summed E-state index contributed by atoms with van der Waals surface area (Å²) >= 11 is 0. The van der Waals surface area contributed by atoms with Crippen LogP contribution in [-0.2, 0) is 14.3 Å². The van der Waals surface area contributed by atoms with Crippen molar-refractivity contribution < 1.29 is 14.3 Å². The molecule has 0 aromatic carbocycles. The van der Waals surface area contributed by atoms with E-state index in [0.717, 1.165) is 38.8 Å². The Bertz CT molecular complexity index is 315. The van der Waals surface area contributed by atoms with Gasteiger partial charge in [-0.05, 0) is 44.6 Å². The fraction of sp³-hybridized carbons (Fsp3) is 0.938. The zero-order chi connectivity index (χ0) is 14.4. The monoisotopic (exact) mass is 283 g/mol. The molecule has 2 fully saturated rings. The normalized spacial score (nSPS) is 30.8. The van der Waals surface area contributed by atoms with Gasteiger partial charge in [0.15, 0.2) is 0 Å². The van der Waals surface area contributed by atoms with Gasteiger partial charge in [0.2, 0.25) is 0 Å². The lowest BCUT2D eigenvalue weighted by Gasteiger charge is -2.33. The molecule has 0 aromatic rings. The summed E-state index contributed by atoms with van der Waals surface area (Å²) in [5.41, 5.74) is -0.470. The zero-order valence-electron chi connectivity index (χ0n) is 13.0. The van der Waals surface area contributed by atoms with Crippen LogP contribution in [0.1, 0.15) is 58.3 Å². The van der Waals surface area contributed by atoms with Crippen molar-refractivity contribution in [3.63, 3.8) is 0 Å². The first-order chi connectivity index (χ1) is 9.73. The second-order valence-electron chi connectivity index (χ2n) is 6.15. The van der Waals surface area contributed by atoms with E-state index in [4.69, 9.17) is 9.47 Å². The van der Waals surface area contributed by atoms with E-state index in [-0.39, 0.29) is 5.97 Å². The smallest absolute Gasteiger partial charge is 0.326 e. The highest BCUT2D eigenvalue weighted by Gasteiger charge is 2.48. The van der Waals surface area contributed by atoms with Crippen molar-refractivity contribution in [2.45, 2.75) is 69.9 Å². The summed E-state index contributed by atoms with van der Waals surface area (Å²) in [7, 11) is 1.49. The second-order valence-corrected chi connectivity index (χ2v) is 6.15. The van der Waals surface area contributed by atoms with E-state index in [1.807, 2.05) is 0 Å². The molecule has 0 radical (unpaired) electrons. The van der Waals surface area contributed by atoms with Gasteiger partial charge in [-0.15, -0.1) is 0 Å². The molecule has 2 rings (SSSR count). The Morgan fingerprint density at radius 2 is 2.00 bits per heavy atom. The van der Waals surface area contributed by atoms with Crippen LogP contribution < -0.4 is 5.32 Å². The highest BCUT2D eigenvalue weighted by Crippen LogP contribution is 2.39. The van der Waals surface area contributed by atoms with E-state index >= 15 is 0 Å². The van der Waals surface area contributed by atoms with Crippen LogP contribution in [0.5, 0.6) is 0 Å². The van der Waals surface area contributed by atoms with Gasteiger partial charge in [0.25, 0.3) is 0 Å². The van der Waals surface area contributed by atoms with Crippen LogP contribution in [0, 0.1) is 5.92 Å². The lowest BCUT2D eigenvalue weighted by Crippen LogP contribution is -2.55. The Balaban J connectivity index is 1.88. The number of methoxy groups -OCH3 is 1. The quantitative estimate of drug-likeness (QED) is 0.730. The summed E-state index contributed by atoms with van der Waals surface area (Å²) in [4.78, 5) is 12.2. The van der Waals surface area contributed by atoms with E-state index in [2.05, 4.69) is 12.2 Å². The molecule has 0 spiro atoms. The summed E-state index contributed by atoms with van der Waals surface area (Å²) in [5.74, 6) is 0.249. The fourth-order valence-corrected chi connectivity index (χ4v) is 3.97. The van der Waals surface area contributed by atoms with Gasteiger partial charge in [-0.25, -0.2) is 0 Å². The van der Waals surface area contributed by atoms with Crippen molar-refractivity contribution in [3.05, 3.63) is 0 Å². The number of rotatable bonds is 7. The largest absolute Gasteiger partial charge is 0.468 e. The summed E-state index contributed by atoms with van der Waals surface area (Å²) < 4.78 is 11.0. The maximum Gasteiger partial charge on any atom is 0.326 e. The van der Waals surface area contributed by atoms with Gasteiger partial charge in [-0.1, -0.05) is 26.2 Å². The second kappa shape index (κ2) is 7.41. The minimum absolute atomic E-state index is 0.0947.